The number of hydrogen-bond acceptors (Lipinski definition) is 4. The van der Waals surface area contributed by atoms with Gasteiger partial charge in [-0.1, -0.05) is 60.7 Å². The largest absolute Gasteiger partial charge is 0.445 e. The maximum absolute atomic E-state index is 12.7. The zero-order valence-electron chi connectivity index (χ0n) is 13.4. The second kappa shape index (κ2) is 8.22. The molecular weight excluding hydrogens is 322 g/mol. The second-order valence-corrected chi connectivity index (χ2v) is 6.82. The molecule has 1 fully saturated rings. The third kappa shape index (κ3) is 3.91. The van der Waals surface area contributed by atoms with Crippen molar-refractivity contribution in [2.45, 2.75) is 18.7 Å². The van der Waals surface area contributed by atoms with Crippen LogP contribution in [0.2, 0.25) is 0 Å². The van der Waals surface area contributed by atoms with Crippen LogP contribution < -0.4 is 0 Å². The summed E-state index contributed by atoms with van der Waals surface area (Å²) in [4.78, 5) is 14.4. The number of benzene rings is 2. The number of carbonyl (C=O) groups is 1. The van der Waals surface area contributed by atoms with Crippen LogP contribution in [0.1, 0.15) is 17.2 Å². The molecule has 0 aromatic heterocycles. The minimum atomic E-state index is -0.368. The predicted molar refractivity (Wildman–Crippen MR) is 95.8 cm³/mol. The fourth-order valence-electron chi connectivity index (χ4n) is 2.87. The van der Waals surface area contributed by atoms with Gasteiger partial charge in [-0.2, -0.15) is 11.8 Å². The highest BCUT2D eigenvalue weighted by Crippen LogP contribution is 2.33. The molecule has 3 rings (SSSR count). The second-order valence-electron chi connectivity index (χ2n) is 5.75. The molecule has 0 radical (unpaired) electrons. The Kier molecular flexibility index (Phi) is 5.77. The van der Waals surface area contributed by atoms with E-state index in [4.69, 9.17) is 4.74 Å². The first-order valence-electron chi connectivity index (χ1n) is 8.02. The number of aliphatic hydroxyl groups excluding tert-OH is 1. The van der Waals surface area contributed by atoms with Gasteiger partial charge in [0.15, 0.2) is 0 Å². The van der Waals surface area contributed by atoms with E-state index in [1.54, 1.807) is 16.7 Å². The molecular formula is C19H21NO3S. The molecule has 2 aromatic carbocycles. The first-order chi connectivity index (χ1) is 11.8. The summed E-state index contributed by atoms with van der Waals surface area (Å²) in [5.74, 6) is 1.53. The van der Waals surface area contributed by atoms with Crippen molar-refractivity contribution >= 4 is 17.9 Å². The highest BCUT2D eigenvalue weighted by atomic mass is 32.2. The summed E-state index contributed by atoms with van der Waals surface area (Å²) in [5, 5.41) is 9.70. The number of rotatable bonds is 4. The van der Waals surface area contributed by atoms with Crippen LogP contribution in [0.5, 0.6) is 0 Å². The molecule has 0 bridgehead atoms. The lowest BCUT2D eigenvalue weighted by Crippen LogP contribution is -2.50. The van der Waals surface area contributed by atoms with E-state index in [-0.39, 0.29) is 31.4 Å². The van der Waals surface area contributed by atoms with Crippen molar-refractivity contribution in [3.63, 3.8) is 0 Å². The topological polar surface area (TPSA) is 49.8 Å². The van der Waals surface area contributed by atoms with Crippen LogP contribution in [0, 0.1) is 0 Å². The maximum atomic E-state index is 12.7. The van der Waals surface area contributed by atoms with Crippen LogP contribution in [0.25, 0.3) is 0 Å². The lowest BCUT2D eigenvalue weighted by atomic mass is 10.1. The average Bonchev–Trinajstić information content (AvgIpc) is 2.67. The van der Waals surface area contributed by atoms with Gasteiger partial charge in [-0.05, 0) is 11.1 Å². The smallest absolute Gasteiger partial charge is 0.411 e. The molecule has 1 aliphatic rings. The van der Waals surface area contributed by atoms with Crippen LogP contribution >= 0.6 is 11.8 Å². The summed E-state index contributed by atoms with van der Waals surface area (Å²) in [7, 11) is 0. The van der Waals surface area contributed by atoms with Gasteiger partial charge >= 0.3 is 6.09 Å². The minimum Gasteiger partial charge on any atom is -0.445 e. The number of hydrogen-bond donors (Lipinski definition) is 1. The van der Waals surface area contributed by atoms with Gasteiger partial charge in [-0.25, -0.2) is 4.79 Å². The summed E-state index contributed by atoms with van der Waals surface area (Å²) in [6.45, 7) is 0.180. The van der Waals surface area contributed by atoms with Crippen LogP contribution in [0.15, 0.2) is 60.7 Å². The summed E-state index contributed by atoms with van der Waals surface area (Å²) in [6, 6.07) is 19.3. The van der Waals surface area contributed by atoms with Gasteiger partial charge in [0.2, 0.25) is 0 Å². The first kappa shape index (κ1) is 16.9. The zero-order valence-corrected chi connectivity index (χ0v) is 14.2. The van der Waals surface area contributed by atoms with Gasteiger partial charge in [0.25, 0.3) is 0 Å². The van der Waals surface area contributed by atoms with E-state index in [0.29, 0.717) is 0 Å². The molecule has 2 atom stereocenters. The van der Waals surface area contributed by atoms with Gasteiger partial charge in [0, 0.05) is 11.5 Å². The number of thioether (sulfide) groups is 1. The monoisotopic (exact) mass is 343 g/mol. The Labute approximate surface area is 146 Å². The van der Waals surface area contributed by atoms with Crippen molar-refractivity contribution < 1.29 is 14.6 Å². The molecule has 1 amide bonds. The van der Waals surface area contributed by atoms with E-state index in [1.807, 2.05) is 60.7 Å². The zero-order chi connectivity index (χ0) is 16.8. The Hall–Kier alpha value is -1.98. The molecule has 4 nitrogen and oxygen atoms in total. The van der Waals surface area contributed by atoms with Gasteiger partial charge in [0.05, 0.1) is 18.7 Å². The minimum absolute atomic E-state index is 0.0588. The quantitative estimate of drug-likeness (QED) is 0.923. The van der Waals surface area contributed by atoms with Crippen molar-refractivity contribution in [3.05, 3.63) is 71.8 Å². The van der Waals surface area contributed by atoms with Crippen molar-refractivity contribution in [2.75, 3.05) is 18.1 Å². The fourth-order valence-corrected chi connectivity index (χ4v) is 4.12. The Morgan fingerprint density at radius 3 is 2.42 bits per heavy atom. The van der Waals surface area contributed by atoms with Crippen molar-refractivity contribution in [1.82, 2.24) is 4.90 Å². The molecule has 1 heterocycles. The van der Waals surface area contributed by atoms with Crippen molar-refractivity contribution in [1.29, 1.82) is 0 Å². The molecule has 1 saturated heterocycles. The predicted octanol–water partition coefficient (Wildman–Crippen LogP) is 3.47. The fraction of sp³-hybridized carbons (Fsp3) is 0.316. The summed E-state index contributed by atoms with van der Waals surface area (Å²) in [6.07, 6.45) is -0.368. The Morgan fingerprint density at radius 1 is 1.08 bits per heavy atom. The van der Waals surface area contributed by atoms with Crippen LogP contribution in [-0.2, 0) is 11.3 Å². The Bertz CT molecular complexity index is 650. The number of ether oxygens (including phenoxy) is 1. The molecule has 2 aromatic rings. The lowest BCUT2D eigenvalue weighted by molar-refractivity contribution is 0.0514. The summed E-state index contributed by atoms with van der Waals surface area (Å²) < 4.78 is 5.52. The van der Waals surface area contributed by atoms with Crippen molar-refractivity contribution in [3.8, 4) is 0 Å². The molecule has 0 aliphatic carbocycles. The lowest BCUT2D eigenvalue weighted by Gasteiger charge is -2.40. The van der Waals surface area contributed by atoms with Crippen LogP contribution in [0.3, 0.4) is 0 Å². The average molecular weight is 343 g/mol. The van der Waals surface area contributed by atoms with E-state index in [2.05, 4.69) is 0 Å². The van der Waals surface area contributed by atoms with Gasteiger partial charge < -0.3 is 9.84 Å². The van der Waals surface area contributed by atoms with Gasteiger partial charge in [-0.15, -0.1) is 0 Å². The standard InChI is InChI=1S/C19H21NO3S/c21-11-17-13-24-14-18(16-9-5-2-6-10-16)20(17)19(22)23-12-15-7-3-1-4-8-15/h1-10,17-18,21H,11-14H2. The SMILES string of the molecule is O=C(OCc1ccccc1)N1C(CO)CSCC1c1ccccc1. The summed E-state index contributed by atoms with van der Waals surface area (Å²) >= 11 is 1.76. The number of nitrogens with zero attached hydrogens (tertiary/aromatic N) is 1. The molecule has 0 saturated carbocycles. The van der Waals surface area contributed by atoms with E-state index >= 15 is 0 Å². The van der Waals surface area contributed by atoms with E-state index < -0.39 is 0 Å². The van der Waals surface area contributed by atoms with E-state index in [9.17, 15) is 9.90 Å². The molecule has 5 heteroatoms. The molecule has 126 valence electrons. The number of amides is 1. The summed E-state index contributed by atoms with van der Waals surface area (Å²) in [5.41, 5.74) is 2.02. The normalized spacial score (nSPS) is 20.6. The molecule has 1 N–H and O–H groups in total. The molecule has 1 aliphatic heterocycles. The Balaban J connectivity index is 1.75. The highest BCUT2D eigenvalue weighted by molar-refractivity contribution is 7.99. The molecule has 2 unspecified atom stereocenters. The Morgan fingerprint density at radius 2 is 1.75 bits per heavy atom. The van der Waals surface area contributed by atoms with E-state index in [0.717, 1.165) is 22.6 Å². The molecule has 0 spiro atoms. The molecule has 24 heavy (non-hydrogen) atoms. The van der Waals surface area contributed by atoms with Crippen LogP contribution in [-0.4, -0.2) is 40.3 Å². The van der Waals surface area contributed by atoms with Gasteiger partial charge in [0.1, 0.15) is 6.61 Å². The van der Waals surface area contributed by atoms with E-state index in [1.165, 1.54) is 0 Å². The van der Waals surface area contributed by atoms with Crippen LogP contribution in [0.4, 0.5) is 4.79 Å². The van der Waals surface area contributed by atoms with Gasteiger partial charge in [-0.3, -0.25) is 4.90 Å². The maximum Gasteiger partial charge on any atom is 0.411 e. The third-order valence-electron chi connectivity index (χ3n) is 4.13. The number of aliphatic hydroxyl groups is 1. The number of carbonyl (C=O) groups excluding carboxylic acids is 1. The highest BCUT2D eigenvalue weighted by Gasteiger charge is 2.36. The first-order valence-corrected chi connectivity index (χ1v) is 9.17. The third-order valence-corrected chi connectivity index (χ3v) is 5.30. The van der Waals surface area contributed by atoms with Crippen molar-refractivity contribution in [2.24, 2.45) is 0 Å².